The lowest BCUT2D eigenvalue weighted by Crippen LogP contribution is -2.62. The Kier molecular flexibility index (Phi) is 3.82. The molecule has 5 nitrogen and oxygen atoms in total. The minimum absolute atomic E-state index is 0.00184. The number of benzene rings is 2. The minimum Gasteiger partial charge on any atom is -0.345 e. The average Bonchev–Trinajstić information content (AvgIpc) is 2.55. The van der Waals surface area contributed by atoms with Crippen LogP contribution in [0.5, 0.6) is 0 Å². The van der Waals surface area contributed by atoms with Crippen LogP contribution in [-0.2, 0) is 28.4 Å². The molecule has 0 radical (unpaired) electrons. The van der Waals surface area contributed by atoms with Crippen LogP contribution in [-0.4, -0.2) is 25.7 Å². The molecular formula is C19H19F2N3O2S. The van der Waals surface area contributed by atoms with Crippen molar-refractivity contribution >= 4 is 16.0 Å². The van der Waals surface area contributed by atoms with Crippen molar-refractivity contribution in [2.75, 3.05) is 7.05 Å². The third-order valence-electron chi connectivity index (χ3n) is 5.58. The maximum Gasteiger partial charge on any atom is 0.246 e. The molecule has 2 aromatic carbocycles. The molecule has 1 aliphatic heterocycles. The Morgan fingerprint density at radius 1 is 1.15 bits per heavy atom. The van der Waals surface area contributed by atoms with E-state index in [2.05, 4.69) is 5.32 Å². The SMILES string of the molecule is CN1C(=N)N[C@](C)(c2ccc(F)cc2F)[C@@H](c2ccc3c(c2)CC3)S1(=O)=O. The van der Waals surface area contributed by atoms with Crippen LogP contribution in [0.15, 0.2) is 36.4 Å². The Morgan fingerprint density at radius 3 is 2.44 bits per heavy atom. The quantitative estimate of drug-likeness (QED) is 0.827. The van der Waals surface area contributed by atoms with Crippen molar-refractivity contribution in [3.8, 4) is 0 Å². The fraction of sp³-hybridized carbons (Fsp3) is 0.316. The van der Waals surface area contributed by atoms with Crippen molar-refractivity contribution in [1.29, 1.82) is 5.41 Å². The first-order chi connectivity index (χ1) is 12.6. The van der Waals surface area contributed by atoms with Gasteiger partial charge in [0.1, 0.15) is 16.9 Å². The van der Waals surface area contributed by atoms with Gasteiger partial charge in [-0.15, -0.1) is 0 Å². The topological polar surface area (TPSA) is 73.3 Å². The predicted molar refractivity (Wildman–Crippen MR) is 97.8 cm³/mol. The molecule has 0 unspecified atom stereocenters. The van der Waals surface area contributed by atoms with E-state index in [0.717, 1.165) is 34.8 Å². The largest absolute Gasteiger partial charge is 0.345 e. The van der Waals surface area contributed by atoms with E-state index in [4.69, 9.17) is 5.41 Å². The summed E-state index contributed by atoms with van der Waals surface area (Å²) in [6.07, 6.45) is 1.83. The Morgan fingerprint density at radius 2 is 1.85 bits per heavy atom. The molecule has 1 aliphatic carbocycles. The molecule has 0 bridgehead atoms. The van der Waals surface area contributed by atoms with E-state index in [1.807, 2.05) is 12.1 Å². The molecule has 2 atom stereocenters. The van der Waals surface area contributed by atoms with Gasteiger partial charge < -0.3 is 5.32 Å². The highest BCUT2D eigenvalue weighted by Crippen LogP contribution is 2.46. The molecule has 2 aliphatic rings. The molecular weight excluding hydrogens is 372 g/mol. The van der Waals surface area contributed by atoms with Gasteiger partial charge in [-0.3, -0.25) is 5.41 Å². The smallest absolute Gasteiger partial charge is 0.246 e. The average molecular weight is 391 g/mol. The van der Waals surface area contributed by atoms with Crippen molar-refractivity contribution < 1.29 is 17.2 Å². The lowest BCUT2D eigenvalue weighted by molar-refractivity contribution is 0.344. The number of sulfonamides is 1. The Labute approximate surface area is 156 Å². The number of nitrogens with one attached hydrogen (secondary N) is 2. The van der Waals surface area contributed by atoms with Crippen molar-refractivity contribution in [3.63, 3.8) is 0 Å². The Bertz CT molecular complexity index is 1070. The van der Waals surface area contributed by atoms with E-state index >= 15 is 0 Å². The number of guanidine groups is 1. The summed E-state index contributed by atoms with van der Waals surface area (Å²) in [5.41, 5.74) is 1.30. The van der Waals surface area contributed by atoms with Gasteiger partial charge >= 0.3 is 0 Å². The van der Waals surface area contributed by atoms with Gasteiger partial charge in [-0.1, -0.05) is 24.3 Å². The third-order valence-corrected chi connectivity index (χ3v) is 7.87. The molecule has 1 heterocycles. The number of hydrogen-bond donors (Lipinski definition) is 2. The summed E-state index contributed by atoms with van der Waals surface area (Å²) >= 11 is 0. The van der Waals surface area contributed by atoms with Crippen LogP contribution in [0.25, 0.3) is 0 Å². The van der Waals surface area contributed by atoms with Gasteiger partial charge in [0.15, 0.2) is 0 Å². The number of halogens is 2. The summed E-state index contributed by atoms with van der Waals surface area (Å²) in [5.74, 6) is -1.96. The number of fused-ring (bicyclic) bond motifs is 1. The van der Waals surface area contributed by atoms with E-state index in [9.17, 15) is 17.2 Å². The summed E-state index contributed by atoms with van der Waals surface area (Å²) in [5, 5.41) is 9.72. The third kappa shape index (κ3) is 2.54. The highest BCUT2D eigenvalue weighted by molar-refractivity contribution is 7.90. The number of hydrogen-bond acceptors (Lipinski definition) is 3. The van der Waals surface area contributed by atoms with Crippen molar-refractivity contribution in [3.05, 3.63) is 70.3 Å². The molecule has 8 heteroatoms. The van der Waals surface area contributed by atoms with Crippen LogP contribution < -0.4 is 5.32 Å². The second-order valence-corrected chi connectivity index (χ2v) is 9.27. The highest BCUT2D eigenvalue weighted by Gasteiger charge is 2.53. The monoisotopic (exact) mass is 391 g/mol. The molecule has 1 fully saturated rings. The van der Waals surface area contributed by atoms with Crippen LogP contribution >= 0.6 is 0 Å². The Balaban J connectivity index is 1.96. The molecule has 27 heavy (non-hydrogen) atoms. The van der Waals surface area contributed by atoms with E-state index in [0.29, 0.717) is 5.56 Å². The van der Waals surface area contributed by atoms with Crippen molar-refractivity contribution in [2.45, 2.75) is 30.6 Å². The van der Waals surface area contributed by atoms with Crippen LogP contribution in [0, 0.1) is 17.0 Å². The lowest BCUT2D eigenvalue weighted by atomic mass is 9.81. The second kappa shape index (κ2) is 5.76. The van der Waals surface area contributed by atoms with E-state index in [1.54, 1.807) is 6.07 Å². The highest BCUT2D eigenvalue weighted by atomic mass is 32.2. The minimum atomic E-state index is -4.01. The first-order valence-corrected chi connectivity index (χ1v) is 10.1. The molecule has 142 valence electrons. The van der Waals surface area contributed by atoms with Crippen molar-refractivity contribution in [1.82, 2.24) is 9.62 Å². The summed E-state index contributed by atoms with van der Waals surface area (Å²) in [6, 6.07) is 8.53. The summed E-state index contributed by atoms with van der Waals surface area (Å²) in [6.45, 7) is 1.53. The summed E-state index contributed by atoms with van der Waals surface area (Å²) < 4.78 is 55.4. The predicted octanol–water partition coefficient (Wildman–Crippen LogP) is 2.82. The fourth-order valence-corrected chi connectivity index (χ4v) is 5.86. The van der Waals surface area contributed by atoms with Crippen LogP contribution in [0.3, 0.4) is 0 Å². The number of rotatable bonds is 2. The molecule has 0 saturated carbocycles. The molecule has 2 aromatic rings. The Hall–Kier alpha value is -2.48. The van der Waals surface area contributed by atoms with E-state index < -0.39 is 32.4 Å². The second-order valence-electron chi connectivity index (χ2n) is 7.22. The molecule has 0 amide bonds. The zero-order valence-electron chi connectivity index (χ0n) is 14.9. The van der Waals surface area contributed by atoms with Crippen LogP contribution in [0.4, 0.5) is 8.78 Å². The standard InChI is InChI=1S/C19H19F2N3O2S/c1-19(15-8-7-14(20)10-16(15)21)17(27(25,26)24(2)18(22)23-19)13-6-4-11-3-5-12(11)9-13/h4,6-10,17H,3,5H2,1-2H3,(H2,22,23)/t17-,19-/m1/s1. The summed E-state index contributed by atoms with van der Waals surface area (Å²) in [4.78, 5) is 0. The zero-order valence-corrected chi connectivity index (χ0v) is 15.7. The van der Waals surface area contributed by atoms with E-state index in [-0.39, 0.29) is 11.5 Å². The van der Waals surface area contributed by atoms with E-state index in [1.165, 1.54) is 25.6 Å². The first-order valence-electron chi connectivity index (χ1n) is 8.56. The van der Waals surface area contributed by atoms with Gasteiger partial charge in [0, 0.05) is 18.7 Å². The number of aryl methyl sites for hydroxylation is 2. The fourth-order valence-electron chi connectivity index (χ4n) is 3.98. The van der Waals surface area contributed by atoms with Crippen LogP contribution in [0.2, 0.25) is 0 Å². The molecule has 2 N–H and O–H groups in total. The maximum atomic E-state index is 14.6. The van der Waals surface area contributed by atoms with Gasteiger partial charge in [0.2, 0.25) is 16.0 Å². The normalized spacial score (nSPS) is 26.1. The van der Waals surface area contributed by atoms with Gasteiger partial charge in [0.05, 0.1) is 5.54 Å². The lowest BCUT2D eigenvalue weighted by Gasteiger charge is -2.46. The van der Waals surface area contributed by atoms with Gasteiger partial charge in [-0.25, -0.2) is 21.5 Å². The molecule has 0 aromatic heterocycles. The molecule has 4 rings (SSSR count). The zero-order chi connectivity index (χ0) is 19.6. The van der Waals surface area contributed by atoms with Crippen molar-refractivity contribution in [2.24, 2.45) is 0 Å². The van der Waals surface area contributed by atoms with Gasteiger partial charge in [-0.05, 0) is 42.5 Å². The molecule has 0 spiro atoms. The first kappa shape index (κ1) is 17.9. The summed E-state index contributed by atoms with van der Waals surface area (Å²) in [7, 11) is -2.72. The van der Waals surface area contributed by atoms with Gasteiger partial charge in [0.25, 0.3) is 0 Å². The van der Waals surface area contributed by atoms with Gasteiger partial charge in [-0.2, -0.15) is 0 Å². The maximum absolute atomic E-state index is 14.6. The van der Waals surface area contributed by atoms with Crippen LogP contribution in [0.1, 0.15) is 34.4 Å². The molecule has 1 saturated heterocycles. The number of nitrogens with zero attached hydrogens (tertiary/aromatic N) is 1.